The second-order valence-electron chi connectivity index (χ2n) is 5.97. The van der Waals surface area contributed by atoms with E-state index in [0.717, 1.165) is 22.1 Å². The Labute approximate surface area is 183 Å². The van der Waals surface area contributed by atoms with Crippen LogP contribution in [-0.2, 0) is 17.9 Å². The SMILES string of the molecule is CN=C(NCCC(=O)NCc1ccccc1)N(C)Cc1ccc(Cl)cc1.I. The standard InChI is InChI=1S/C20H25ClN4O.HI/c1-22-20(25(2)15-17-8-10-18(21)11-9-17)23-13-12-19(26)24-14-16-6-4-3-5-7-16;/h3-11H,12-15H2,1-2H3,(H,22,23)(H,24,26);1H. The van der Waals surface area contributed by atoms with Gasteiger partial charge in [-0.1, -0.05) is 54.1 Å². The normalized spacial score (nSPS) is 10.7. The molecule has 27 heavy (non-hydrogen) atoms. The summed E-state index contributed by atoms with van der Waals surface area (Å²) in [5.74, 6) is 0.757. The Morgan fingerprint density at radius 1 is 1.04 bits per heavy atom. The van der Waals surface area contributed by atoms with Crippen LogP contribution < -0.4 is 10.6 Å². The number of aliphatic imine (C=N–C) groups is 1. The van der Waals surface area contributed by atoms with Gasteiger partial charge in [0.25, 0.3) is 0 Å². The molecule has 2 aromatic rings. The molecular formula is C20H26ClIN4O. The van der Waals surface area contributed by atoms with Crippen molar-refractivity contribution in [3.8, 4) is 0 Å². The van der Waals surface area contributed by atoms with Gasteiger partial charge in [-0.2, -0.15) is 0 Å². The lowest BCUT2D eigenvalue weighted by molar-refractivity contribution is -0.121. The van der Waals surface area contributed by atoms with E-state index in [1.165, 1.54) is 0 Å². The van der Waals surface area contributed by atoms with Gasteiger partial charge in [0.05, 0.1) is 0 Å². The van der Waals surface area contributed by atoms with Crippen molar-refractivity contribution in [2.75, 3.05) is 20.6 Å². The third-order valence-electron chi connectivity index (χ3n) is 3.87. The number of guanidine groups is 1. The molecule has 7 heteroatoms. The van der Waals surface area contributed by atoms with E-state index in [2.05, 4.69) is 15.6 Å². The van der Waals surface area contributed by atoms with Crippen molar-refractivity contribution in [1.82, 2.24) is 15.5 Å². The fraction of sp³-hybridized carbons (Fsp3) is 0.300. The monoisotopic (exact) mass is 500 g/mol. The van der Waals surface area contributed by atoms with Crippen molar-refractivity contribution in [1.29, 1.82) is 0 Å². The summed E-state index contributed by atoms with van der Waals surface area (Å²) in [5, 5.41) is 6.86. The third kappa shape index (κ3) is 8.62. The zero-order valence-corrected chi connectivity index (χ0v) is 18.7. The van der Waals surface area contributed by atoms with Crippen molar-refractivity contribution < 1.29 is 4.79 Å². The van der Waals surface area contributed by atoms with E-state index in [9.17, 15) is 4.79 Å². The molecule has 0 spiro atoms. The fourth-order valence-corrected chi connectivity index (χ4v) is 2.62. The number of nitrogens with zero attached hydrogens (tertiary/aromatic N) is 2. The summed E-state index contributed by atoms with van der Waals surface area (Å²) in [4.78, 5) is 18.2. The second kappa shape index (κ2) is 12.6. The first kappa shape index (κ1) is 23.2. The summed E-state index contributed by atoms with van der Waals surface area (Å²) in [6.07, 6.45) is 0.390. The summed E-state index contributed by atoms with van der Waals surface area (Å²) in [7, 11) is 3.69. The van der Waals surface area contributed by atoms with Gasteiger partial charge in [-0.25, -0.2) is 0 Å². The highest BCUT2D eigenvalue weighted by atomic mass is 127. The predicted molar refractivity (Wildman–Crippen MR) is 123 cm³/mol. The molecule has 146 valence electrons. The van der Waals surface area contributed by atoms with E-state index in [1.807, 2.05) is 66.5 Å². The van der Waals surface area contributed by atoms with Crippen LogP contribution in [0.25, 0.3) is 0 Å². The molecule has 2 rings (SSSR count). The van der Waals surface area contributed by atoms with E-state index in [4.69, 9.17) is 11.6 Å². The van der Waals surface area contributed by atoms with Gasteiger partial charge in [-0.15, -0.1) is 24.0 Å². The zero-order chi connectivity index (χ0) is 18.8. The quantitative estimate of drug-likeness (QED) is 0.346. The first-order valence-corrected chi connectivity index (χ1v) is 8.93. The van der Waals surface area contributed by atoms with Crippen molar-refractivity contribution in [2.45, 2.75) is 19.5 Å². The van der Waals surface area contributed by atoms with Crippen LogP contribution in [0.1, 0.15) is 17.5 Å². The van der Waals surface area contributed by atoms with Gasteiger partial charge in [-0.3, -0.25) is 9.79 Å². The summed E-state index contributed by atoms with van der Waals surface area (Å²) in [6.45, 7) is 1.78. The highest BCUT2D eigenvalue weighted by Gasteiger charge is 2.08. The number of nitrogens with one attached hydrogen (secondary N) is 2. The van der Waals surface area contributed by atoms with Crippen LogP contribution in [0.2, 0.25) is 5.02 Å². The number of hydrogen-bond donors (Lipinski definition) is 2. The number of amides is 1. The largest absolute Gasteiger partial charge is 0.356 e. The lowest BCUT2D eigenvalue weighted by Gasteiger charge is -2.22. The van der Waals surface area contributed by atoms with Gasteiger partial charge in [0.15, 0.2) is 5.96 Å². The molecular weight excluding hydrogens is 475 g/mol. The minimum Gasteiger partial charge on any atom is -0.356 e. The van der Waals surface area contributed by atoms with Crippen LogP contribution in [0.4, 0.5) is 0 Å². The number of carbonyl (C=O) groups is 1. The molecule has 2 aromatic carbocycles. The lowest BCUT2D eigenvalue weighted by Crippen LogP contribution is -2.40. The Kier molecular flexibility index (Phi) is 10.8. The van der Waals surface area contributed by atoms with Crippen LogP contribution in [0, 0.1) is 0 Å². The van der Waals surface area contributed by atoms with E-state index < -0.39 is 0 Å². The van der Waals surface area contributed by atoms with Crippen LogP contribution in [-0.4, -0.2) is 37.4 Å². The van der Waals surface area contributed by atoms with Gasteiger partial charge in [0.2, 0.25) is 5.91 Å². The molecule has 0 aliphatic carbocycles. The van der Waals surface area contributed by atoms with Gasteiger partial charge in [-0.05, 0) is 23.3 Å². The third-order valence-corrected chi connectivity index (χ3v) is 4.13. The highest BCUT2D eigenvalue weighted by Crippen LogP contribution is 2.11. The molecule has 0 bridgehead atoms. The van der Waals surface area contributed by atoms with Gasteiger partial charge in [0, 0.05) is 45.2 Å². The minimum absolute atomic E-state index is 0. The number of hydrogen-bond acceptors (Lipinski definition) is 2. The van der Waals surface area contributed by atoms with Crippen molar-refractivity contribution in [2.24, 2.45) is 4.99 Å². The van der Waals surface area contributed by atoms with Gasteiger partial charge in [0.1, 0.15) is 0 Å². The van der Waals surface area contributed by atoms with E-state index in [0.29, 0.717) is 26.1 Å². The molecule has 0 saturated carbocycles. The van der Waals surface area contributed by atoms with Crippen molar-refractivity contribution in [3.05, 3.63) is 70.7 Å². The van der Waals surface area contributed by atoms with Crippen LogP contribution in [0.3, 0.4) is 0 Å². The highest BCUT2D eigenvalue weighted by molar-refractivity contribution is 14.0. The summed E-state index contributed by atoms with van der Waals surface area (Å²) in [6, 6.07) is 17.6. The Hall–Kier alpha value is -1.80. The molecule has 2 N–H and O–H groups in total. The average molecular weight is 501 g/mol. The molecule has 0 aliphatic heterocycles. The molecule has 0 heterocycles. The Morgan fingerprint density at radius 2 is 1.70 bits per heavy atom. The first-order valence-electron chi connectivity index (χ1n) is 8.55. The first-order chi connectivity index (χ1) is 12.6. The molecule has 0 aliphatic rings. The fourth-order valence-electron chi connectivity index (χ4n) is 2.50. The number of rotatable bonds is 7. The van der Waals surface area contributed by atoms with Crippen LogP contribution in [0.15, 0.2) is 59.6 Å². The van der Waals surface area contributed by atoms with E-state index >= 15 is 0 Å². The second-order valence-corrected chi connectivity index (χ2v) is 6.41. The molecule has 0 unspecified atom stereocenters. The van der Waals surface area contributed by atoms with E-state index in [1.54, 1.807) is 7.05 Å². The lowest BCUT2D eigenvalue weighted by atomic mass is 10.2. The van der Waals surface area contributed by atoms with E-state index in [-0.39, 0.29) is 29.9 Å². The van der Waals surface area contributed by atoms with Crippen molar-refractivity contribution >= 4 is 47.4 Å². The average Bonchev–Trinajstić information content (AvgIpc) is 2.66. The van der Waals surface area contributed by atoms with Crippen LogP contribution in [0.5, 0.6) is 0 Å². The maximum atomic E-state index is 12.0. The molecule has 0 atom stereocenters. The summed E-state index contributed by atoms with van der Waals surface area (Å²) >= 11 is 5.91. The van der Waals surface area contributed by atoms with Gasteiger partial charge < -0.3 is 15.5 Å². The molecule has 1 amide bonds. The molecule has 0 aromatic heterocycles. The number of halogens is 2. The number of carbonyl (C=O) groups excluding carboxylic acids is 1. The summed E-state index contributed by atoms with van der Waals surface area (Å²) in [5.41, 5.74) is 2.23. The van der Waals surface area contributed by atoms with Crippen LogP contribution >= 0.6 is 35.6 Å². The maximum absolute atomic E-state index is 12.0. The smallest absolute Gasteiger partial charge is 0.222 e. The van der Waals surface area contributed by atoms with Crippen molar-refractivity contribution in [3.63, 3.8) is 0 Å². The predicted octanol–water partition coefficient (Wildman–Crippen LogP) is 3.67. The Bertz CT molecular complexity index is 723. The molecule has 0 radical (unpaired) electrons. The summed E-state index contributed by atoms with van der Waals surface area (Å²) < 4.78 is 0. The zero-order valence-electron chi connectivity index (χ0n) is 15.6. The Morgan fingerprint density at radius 3 is 2.33 bits per heavy atom. The molecule has 0 fully saturated rings. The topological polar surface area (TPSA) is 56.7 Å². The van der Waals surface area contributed by atoms with Gasteiger partial charge >= 0.3 is 0 Å². The number of benzene rings is 2. The Balaban J connectivity index is 0.00000364. The molecule has 0 saturated heterocycles. The maximum Gasteiger partial charge on any atom is 0.222 e. The molecule has 5 nitrogen and oxygen atoms in total. The minimum atomic E-state index is 0.